The molecule has 0 spiro atoms. The van der Waals surface area contributed by atoms with Crippen LogP contribution >= 0.6 is 0 Å². The molecule has 0 aromatic heterocycles. The fraction of sp³-hybridized carbons (Fsp3) is 0.600. The Morgan fingerprint density at radius 3 is 2.32 bits per heavy atom. The van der Waals surface area contributed by atoms with Crippen LogP contribution in [0.2, 0.25) is 0 Å². The third-order valence-electron chi connectivity index (χ3n) is 4.68. The molecule has 2 aliphatic heterocycles. The van der Waals surface area contributed by atoms with Crippen molar-refractivity contribution in [3.8, 4) is 0 Å². The molecule has 1 aromatic rings. The van der Waals surface area contributed by atoms with E-state index >= 15 is 0 Å². The molecule has 0 radical (unpaired) electrons. The second kappa shape index (κ2) is 5.18. The number of alkyl halides is 3. The molecule has 122 valence electrons. The van der Waals surface area contributed by atoms with E-state index in [2.05, 4.69) is 4.90 Å². The van der Waals surface area contributed by atoms with E-state index in [1.54, 1.807) is 0 Å². The molecular weight excluding hydrogens is 302 g/mol. The molecule has 1 N–H and O–H groups in total. The number of ether oxygens (including phenoxy) is 1. The number of piperidine rings is 1. The summed E-state index contributed by atoms with van der Waals surface area (Å²) < 4.78 is 57.6. The van der Waals surface area contributed by atoms with Crippen molar-refractivity contribution < 1.29 is 27.4 Å². The van der Waals surface area contributed by atoms with Gasteiger partial charge in [0, 0.05) is 12.1 Å². The number of rotatable bonds is 1. The van der Waals surface area contributed by atoms with Gasteiger partial charge in [-0.15, -0.1) is 0 Å². The summed E-state index contributed by atoms with van der Waals surface area (Å²) in [6.07, 6.45) is -4.20. The van der Waals surface area contributed by atoms with Crippen LogP contribution in [0, 0.1) is 5.82 Å². The number of fused-ring (bicyclic) bond motifs is 2. The van der Waals surface area contributed by atoms with Crippen LogP contribution in [0.4, 0.5) is 17.6 Å². The molecule has 0 aliphatic carbocycles. The fourth-order valence-electron chi connectivity index (χ4n) is 3.40. The van der Waals surface area contributed by atoms with Crippen molar-refractivity contribution in [2.45, 2.75) is 36.7 Å². The van der Waals surface area contributed by atoms with E-state index in [0.717, 1.165) is 12.1 Å². The number of hydrogen-bond acceptors (Lipinski definition) is 3. The molecule has 2 saturated heterocycles. The first-order chi connectivity index (χ1) is 10.2. The van der Waals surface area contributed by atoms with Crippen LogP contribution in [-0.2, 0) is 16.5 Å². The van der Waals surface area contributed by atoms with Crippen LogP contribution in [-0.4, -0.2) is 42.4 Å². The van der Waals surface area contributed by atoms with Gasteiger partial charge in [-0.05, 0) is 43.7 Å². The Labute approximate surface area is 125 Å². The molecule has 0 amide bonds. The number of hydrogen-bond donors (Lipinski definition) is 1. The Morgan fingerprint density at radius 1 is 1.18 bits per heavy atom. The summed E-state index contributed by atoms with van der Waals surface area (Å²) >= 11 is 0. The summed E-state index contributed by atoms with van der Waals surface area (Å²) in [5.41, 5.74) is -2.55. The topological polar surface area (TPSA) is 32.7 Å². The van der Waals surface area contributed by atoms with Gasteiger partial charge in [-0.3, -0.25) is 4.90 Å². The van der Waals surface area contributed by atoms with Gasteiger partial charge in [0.2, 0.25) is 0 Å². The normalized spacial score (nSPS) is 33.0. The number of aliphatic hydroxyl groups is 1. The summed E-state index contributed by atoms with van der Waals surface area (Å²) in [4.78, 5) is 2.07. The standard InChI is InChI=1S/C15H17F4NO2/c1-20-12-5-14(21,6-13(20)8-22-7-12)9-2-10(15(17,18)19)4-11(16)3-9/h2-4,12-13,21H,5-8H2,1H3. The highest BCUT2D eigenvalue weighted by Gasteiger charge is 2.46. The maximum atomic E-state index is 13.6. The van der Waals surface area contributed by atoms with Crippen LogP contribution in [0.3, 0.4) is 0 Å². The van der Waals surface area contributed by atoms with Crippen molar-refractivity contribution in [2.24, 2.45) is 0 Å². The summed E-state index contributed by atoms with van der Waals surface area (Å²) in [5.74, 6) is -0.987. The number of halogens is 4. The zero-order chi connectivity index (χ0) is 16.1. The first-order valence-corrected chi connectivity index (χ1v) is 7.09. The minimum atomic E-state index is -4.64. The lowest BCUT2D eigenvalue weighted by Gasteiger charge is -2.50. The third-order valence-corrected chi connectivity index (χ3v) is 4.68. The molecule has 2 heterocycles. The SMILES string of the molecule is CN1C2COCC1CC(O)(c1cc(F)cc(C(F)(F)F)c1)C2. The molecule has 2 bridgehead atoms. The molecular formula is C15H17F4NO2. The van der Waals surface area contributed by atoms with Crippen molar-refractivity contribution in [3.05, 3.63) is 35.1 Å². The van der Waals surface area contributed by atoms with Crippen LogP contribution in [0.5, 0.6) is 0 Å². The molecule has 2 unspecified atom stereocenters. The molecule has 2 aliphatic rings. The lowest BCUT2D eigenvalue weighted by molar-refractivity contribution is -0.141. The van der Waals surface area contributed by atoms with E-state index in [9.17, 15) is 22.7 Å². The van der Waals surface area contributed by atoms with Gasteiger partial charge >= 0.3 is 6.18 Å². The average molecular weight is 319 g/mol. The molecule has 3 rings (SSSR count). The Balaban J connectivity index is 1.98. The van der Waals surface area contributed by atoms with Crippen molar-refractivity contribution in [1.29, 1.82) is 0 Å². The third kappa shape index (κ3) is 2.73. The minimum absolute atomic E-state index is 0.00942. The van der Waals surface area contributed by atoms with Gasteiger partial charge in [0.25, 0.3) is 0 Å². The summed E-state index contributed by atoms with van der Waals surface area (Å²) in [6.45, 7) is 0.827. The summed E-state index contributed by atoms with van der Waals surface area (Å²) in [6, 6.07) is 2.12. The molecule has 7 heteroatoms. The van der Waals surface area contributed by atoms with E-state index in [1.165, 1.54) is 0 Å². The van der Waals surface area contributed by atoms with E-state index < -0.39 is 23.2 Å². The van der Waals surface area contributed by atoms with Gasteiger partial charge < -0.3 is 9.84 Å². The first kappa shape index (κ1) is 15.7. The van der Waals surface area contributed by atoms with Crippen LogP contribution in [0.15, 0.2) is 18.2 Å². The fourth-order valence-corrected chi connectivity index (χ4v) is 3.40. The lowest BCUT2D eigenvalue weighted by Crippen LogP contribution is -2.59. The molecule has 0 saturated carbocycles. The van der Waals surface area contributed by atoms with Crippen molar-refractivity contribution in [2.75, 3.05) is 20.3 Å². The van der Waals surface area contributed by atoms with Crippen molar-refractivity contribution in [1.82, 2.24) is 4.90 Å². The van der Waals surface area contributed by atoms with E-state index in [0.29, 0.717) is 19.3 Å². The predicted octanol–water partition coefficient (Wildman–Crippen LogP) is 2.53. The predicted molar refractivity (Wildman–Crippen MR) is 70.7 cm³/mol. The zero-order valence-corrected chi connectivity index (χ0v) is 12.0. The van der Waals surface area contributed by atoms with Gasteiger partial charge in [-0.1, -0.05) is 0 Å². The average Bonchev–Trinajstić information content (AvgIpc) is 2.39. The highest BCUT2D eigenvalue weighted by Crippen LogP contribution is 2.42. The van der Waals surface area contributed by atoms with Gasteiger partial charge in [0.1, 0.15) is 5.82 Å². The van der Waals surface area contributed by atoms with Crippen LogP contribution in [0.1, 0.15) is 24.0 Å². The van der Waals surface area contributed by atoms with Crippen molar-refractivity contribution >= 4 is 0 Å². The number of nitrogens with zero attached hydrogens (tertiary/aromatic N) is 1. The monoisotopic (exact) mass is 319 g/mol. The largest absolute Gasteiger partial charge is 0.416 e. The first-order valence-electron chi connectivity index (χ1n) is 7.09. The van der Waals surface area contributed by atoms with Crippen LogP contribution < -0.4 is 0 Å². The zero-order valence-electron chi connectivity index (χ0n) is 12.0. The second-order valence-corrected chi connectivity index (χ2v) is 6.18. The van der Waals surface area contributed by atoms with Crippen molar-refractivity contribution in [3.63, 3.8) is 0 Å². The number of benzene rings is 1. The van der Waals surface area contributed by atoms with E-state index in [1.807, 2.05) is 7.05 Å². The molecule has 22 heavy (non-hydrogen) atoms. The maximum Gasteiger partial charge on any atom is 0.416 e. The Bertz CT molecular complexity index is 561. The molecule has 2 fully saturated rings. The minimum Gasteiger partial charge on any atom is -0.385 e. The molecule has 2 atom stereocenters. The Kier molecular flexibility index (Phi) is 3.70. The molecule has 1 aromatic carbocycles. The highest BCUT2D eigenvalue weighted by atomic mass is 19.4. The van der Waals surface area contributed by atoms with Crippen LogP contribution in [0.25, 0.3) is 0 Å². The van der Waals surface area contributed by atoms with Gasteiger partial charge in [-0.2, -0.15) is 13.2 Å². The smallest absolute Gasteiger partial charge is 0.385 e. The van der Waals surface area contributed by atoms with Gasteiger partial charge in [-0.25, -0.2) is 4.39 Å². The Hall–Kier alpha value is -1.18. The summed E-state index contributed by atoms with van der Waals surface area (Å²) in [5, 5.41) is 10.9. The quantitative estimate of drug-likeness (QED) is 0.808. The van der Waals surface area contributed by atoms with Gasteiger partial charge in [0.05, 0.1) is 24.4 Å². The second-order valence-electron chi connectivity index (χ2n) is 6.18. The van der Waals surface area contributed by atoms with E-state index in [4.69, 9.17) is 4.74 Å². The number of likely N-dealkylation sites (N-methyl/N-ethyl adjacent to an activating group) is 1. The van der Waals surface area contributed by atoms with Gasteiger partial charge in [0.15, 0.2) is 0 Å². The van der Waals surface area contributed by atoms with E-state index in [-0.39, 0.29) is 30.5 Å². The highest BCUT2D eigenvalue weighted by molar-refractivity contribution is 5.32. The maximum absolute atomic E-state index is 13.6. The Morgan fingerprint density at radius 2 is 1.77 bits per heavy atom. The number of morpholine rings is 1. The summed E-state index contributed by atoms with van der Waals surface area (Å²) in [7, 11) is 1.91. The lowest BCUT2D eigenvalue weighted by atomic mass is 9.76. The molecule has 3 nitrogen and oxygen atoms in total.